The summed E-state index contributed by atoms with van der Waals surface area (Å²) in [6.07, 6.45) is -3.13. The Bertz CT molecular complexity index is 1090. The van der Waals surface area contributed by atoms with Crippen LogP contribution in [0, 0.1) is 10.1 Å². The zero-order valence-electron chi connectivity index (χ0n) is 15.2. The number of methoxy groups -OCH3 is 1. The lowest BCUT2D eigenvalue weighted by Crippen LogP contribution is -2.11. The van der Waals surface area contributed by atoms with Crippen molar-refractivity contribution in [3.05, 3.63) is 68.3 Å². The average Bonchev–Trinajstić information content (AvgIpc) is 2.66. The second-order valence-corrected chi connectivity index (χ2v) is 7.15. The standard InChI is InChI=1S/C19H15BrF3N3O3/c1-10(11-5-12(19(21,22)23)7-13(6-11)26(27)28)25-16-3-4-24-17-9-18(29-2)15(20)8-14(16)17/h3-10H,1-2H3,(H,24,25)/t10-/m1/s1. The Hall–Kier alpha value is -2.88. The number of nitrogens with one attached hydrogen (secondary N) is 1. The van der Waals surface area contributed by atoms with Crippen LogP contribution in [0.5, 0.6) is 5.75 Å². The topological polar surface area (TPSA) is 77.3 Å². The number of halogens is 4. The summed E-state index contributed by atoms with van der Waals surface area (Å²) in [6.45, 7) is 1.63. The molecule has 152 valence electrons. The molecule has 0 aliphatic heterocycles. The fourth-order valence-corrected chi connectivity index (χ4v) is 3.40. The summed E-state index contributed by atoms with van der Waals surface area (Å²) in [5.74, 6) is 0.587. The first-order chi connectivity index (χ1) is 13.6. The number of fused-ring (bicyclic) bond motifs is 1. The molecule has 0 aliphatic carbocycles. The largest absolute Gasteiger partial charge is 0.495 e. The zero-order valence-corrected chi connectivity index (χ0v) is 16.8. The van der Waals surface area contributed by atoms with E-state index >= 15 is 0 Å². The highest BCUT2D eigenvalue weighted by molar-refractivity contribution is 9.10. The van der Waals surface area contributed by atoms with Gasteiger partial charge in [0.25, 0.3) is 5.69 Å². The molecule has 0 amide bonds. The van der Waals surface area contributed by atoms with E-state index in [1.807, 2.05) is 0 Å². The molecule has 0 radical (unpaired) electrons. The van der Waals surface area contributed by atoms with Gasteiger partial charge in [-0.2, -0.15) is 13.2 Å². The lowest BCUT2D eigenvalue weighted by Gasteiger charge is -2.19. The number of nitro benzene ring substituents is 1. The number of alkyl halides is 3. The number of rotatable bonds is 5. The zero-order chi connectivity index (χ0) is 21.3. The van der Waals surface area contributed by atoms with Gasteiger partial charge in [0.2, 0.25) is 0 Å². The summed E-state index contributed by atoms with van der Waals surface area (Å²) in [5, 5.41) is 14.9. The van der Waals surface area contributed by atoms with Gasteiger partial charge in [-0.1, -0.05) is 0 Å². The molecule has 1 heterocycles. The molecule has 0 spiro atoms. The number of aromatic nitrogens is 1. The highest BCUT2D eigenvalue weighted by Crippen LogP contribution is 2.36. The second kappa shape index (κ2) is 7.86. The van der Waals surface area contributed by atoms with Gasteiger partial charge in [-0.05, 0) is 46.6 Å². The summed E-state index contributed by atoms with van der Waals surface area (Å²) < 4.78 is 45.4. The van der Waals surface area contributed by atoms with Gasteiger partial charge in [-0.25, -0.2) is 0 Å². The Morgan fingerprint density at radius 1 is 1.24 bits per heavy atom. The Kier molecular flexibility index (Phi) is 5.65. The van der Waals surface area contributed by atoms with Gasteiger partial charge in [0, 0.05) is 41.5 Å². The van der Waals surface area contributed by atoms with E-state index in [1.165, 1.54) is 7.11 Å². The molecule has 0 fully saturated rings. The molecule has 0 saturated heterocycles. The highest BCUT2D eigenvalue weighted by Gasteiger charge is 2.33. The Labute approximate surface area is 172 Å². The fraction of sp³-hybridized carbons (Fsp3) is 0.211. The van der Waals surface area contributed by atoms with Crippen molar-refractivity contribution in [1.29, 1.82) is 0 Å². The van der Waals surface area contributed by atoms with E-state index in [0.29, 0.717) is 32.9 Å². The van der Waals surface area contributed by atoms with Crippen LogP contribution < -0.4 is 10.1 Å². The van der Waals surface area contributed by atoms with Crippen molar-refractivity contribution >= 4 is 38.2 Å². The van der Waals surface area contributed by atoms with Gasteiger partial charge in [0.15, 0.2) is 0 Å². The predicted octanol–water partition coefficient (Wildman–Crippen LogP) is 6.11. The Morgan fingerprint density at radius 3 is 2.59 bits per heavy atom. The third kappa shape index (κ3) is 4.42. The molecule has 10 heteroatoms. The Morgan fingerprint density at radius 2 is 1.97 bits per heavy atom. The van der Waals surface area contributed by atoms with Gasteiger partial charge in [0.05, 0.1) is 27.6 Å². The van der Waals surface area contributed by atoms with Crippen molar-refractivity contribution in [1.82, 2.24) is 4.98 Å². The molecule has 1 N–H and O–H groups in total. The van der Waals surface area contributed by atoms with Gasteiger partial charge < -0.3 is 10.1 Å². The molecular weight excluding hydrogens is 455 g/mol. The van der Waals surface area contributed by atoms with Crippen molar-refractivity contribution < 1.29 is 22.8 Å². The van der Waals surface area contributed by atoms with Crippen LogP contribution in [0.3, 0.4) is 0 Å². The van der Waals surface area contributed by atoms with Gasteiger partial charge in [-0.15, -0.1) is 0 Å². The molecule has 29 heavy (non-hydrogen) atoms. The fourth-order valence-electron chi connectivity index (χ4n) is 2.90. The molecule has 3 rings (SSSR count). The number of ether oxygens (including phenoxy) is 1. The van der Waals surface area contributed by atoms with E-state index in [1.54, 1.807) is 31.3 Å². The van der Waals surface area contributed by atoms with Crippen LogP contribution in [0.1, 0.15) is 24.1 Å². The van der Waals surface area contributed by atoms with E-state index in [9.17, 15) is 23.3 Å². The molecular formula is C19H15BrF3N3O3. The van der Waals surface area contributed by atoms with E-state index in [-0.39, 0.29) is 5.56 Å². The third-order valence-electron chi connectivity index (χ3n) is 4.37. The highest BCUT2D eigenvalue weighted by atomic mass is 79.9. The second-order valence-electron chi connectivity index (χ2n) is 6.30. The molecule has 1 aromatic heterocycles. The van der Waals surface area contributed by atoms with Crippen molar-refractivity contribution in [2.45, 2.75) is 19.1 Å². The summed E-state index contributed by atoms with van der Waals surface area (Å²) in [7, 11) is 1.52. The summed E-state index contributed by atoms with van der Waals surface area (Å²) >= 11 is 3.40. The SMILES string of the molecule is COc1cc2nccc(N[C@H](C)c3cc([N+](=O)[O-])cc(C(F)(F)F)c3)c2cc1Br. The maximum Gasteiger partial charge on any atom is 0.416 e. The van der Waals surface area contributed by atoms with Crippen molar-refractivity contribution in [2.75, 3.05) is 12.4 Å². The van der Waals surface area contributed by atoms with Crippen molar-refractivity contribution in [2.24, 2.45) is 0 Å². The van der Waals surface area contributed by atoms with Crippen LogP contribution in [0.4, 0.5) is 24.5 Å². The summed E-state index contributed by atoms with van der Waals surface area (Å²) in [6, 6.07) is 7.13. The van der Waals surface area contributed by atoms with E-state index in [0.717, 1.165) is 12.1 Å². The monoisotopic (exact) mass is 469 g/mol. The lowest BCUT2D eigenvalue weighted by molar-refractivity contribution is -0.385. The quantitative estimate of drug-likeness (QED) is 0.360. The van der Waals surface area contributed by atoms with Crippen molar-refractivity contribution in [3.63, 3.8) is 0 Å². The van der Waals surface area contributed by atoms with Crippen LogP contribution in [-0.2, 0) is 6.18 Å². The first kappa shape index (κ1) is 20.8. The molecule has 2 aromatic carbocycles. The number of non-ortho nitro benzene ring substituents is 1. The molecule has 0 aliphatic rings. The van der Waals surface area contributed by atoms with Crippen LogP contribution in [-0.4, -0.2) is 17.0 Å². The lowest BCUT2D eigenvalue weighted by atomic mass is 10.0. The Balaban J connectivity index is 2.02. The molecule has 0 saturated carbocycles. The first-order valence-corrected chi connectivity index (χ1v) is 9.15. The van der Waals surface area contributed by atoms with Crippen LogP contribution in [0.15, 0.2) is 47.1 Å². The average molecular weight is 470 g/mol. The van der Waals surface area contributed by atoms with Crippen molar-refractivity contribution in [3.8, 4) is 5.75 Å². The van der Waals surface area contributed by atoms with Crippen LogP contribution >= 0.6 is 15.9 Å². The number of hydrogen-bond donors (Lipinski definition) is 1. The minimum absolute atomic E-state index is 0.143. The maximum atomic E-state index is 13.2. The van der Waals surface area contributed by atoms with Gasteiger partial charge >= 0.3 is 6.18 Å². The first-order valence-electron chi connectivity index (χ1n) is 8.35. The number of pyridine rings is 1. The number of nitro groups is 1. The minimum Gasteiger partial charge on any atom is -0.495 e. The van der Waals surface area contributed by atoms with Gasteiger partial charge in [0.1, 0.15) is 5.75 Å². The number of hydrogen-bond acceptors (Lipinski definition) is 5. The summed E-state index contributed by atoms with van der Waals surface area (Å²) in [5.41, 5.74) is -0.301. The third-order valence-corrected chi connectivity index (χ3v) is 4.99. The van der Waals surface area contributed by atoms with E-state index < -0.39 is 28.4 Å². The molecule has 0 unspecified atom stereocenters. The smallest absolute Gasteiger partial charge is 0.416 e. The molecule has 1 atom stereocenters. The summed E-state index contributed by atoms with van der Waals surface area (Å²) in [4.78, 5) is 14.5. The minimum atomic E-state index is -4.69. The van der Waals surface area contributed by atoms with Gasteiger partial charge in [-0.3, -0.25) is 15.1 Å². The molecule has 3 aromatic rings. The molecule has 6 nitrogen and oxygen atoms in total. The van der Waals surface area contributed by atoms with E-state index in [2.05, 4.69) is 26.2 Å². The van der Waals surface area contributed by atoms with Crippen LogP contribution in [0.25, 0.3) is 10.9 Å². The maximum absolute atomic E-state index is 13.2. The number of anilines is 1. The predicted molar refractivity (Wildman–Crippen MR) is 106 cm³/mol. The molecule has 0 bridgehead atoms. The van der Waals surface area contributed by atoms with Crippen LogP contribution in [0.2, 0.25) is 0 Å². The van der Waals surface area contributed by atoms with E-state index in [4.69, 9.17) is 4.74 Å². The normalized spacial score (nSPS) is 12.6. The number of benzene rings is 2. The number of nitrogens with zero attached hydrogens (tertiary/aromatic N) is 2.